The Hall–Kier alpha value is -2.33. The lowest BCUT2D eigenvalue weighted by atomic mass is 10.2. The molecule has 0 N–H and O–H groups in total. The largest absolute Gasteiger partial charge is 0.497 e. The molecular formula is C19H27N3O6S. The zero-order valence-electron chi connectivity index (χ0n) is 16.7. The van der Waals surface area contributed by atoms with Crippen LogP contribution in [0, 0.1) is 0 Å². The Bertz CT molecular complexity index is 834. The number of anilines is 1. The van der Waals surface area contributed by atoms with Gasteiger partial charge in [0.15, 0.2) is 9.84 Å². The number of amides is 1. The number of hydrogen-bond donors (Lipinski definition) is 0. The van der Waals surface area contributed by atoms with Gasteiger partial charge in [-0.15, -0.1) is 0 Å². The van der Waals surface area contributed by atoms with E-state index in [1.54, 1.807) is 16.9 Å². The molecule has 10 heteroatoms. The van der Waals surface area contributed by atoms with Gasteiger partial charge in [0, 0.05) is 38.4 Å². The fourth-order valence-electron chi connectivity index (χ4n) is 3.66. The first-order chi connectivity index (χ1) is 13.8. The minimum atomic E-state index is -3.31. The Morgan fingerprint density at radius 2 is 1.69 bits per heavy atom. The van der Waals surface area contributed by atoms with Crippen molar-refractivity contribution in [2.75, 3.05) is 69.9 Å². The van der Waals surface area contributed by atoms with Gasteiger partial charge in [0.05, 0.1) is 32.3 Å². The SMILES string of the molecule is COC(=O)[C@H]1CS(=O)(=O)CCN1CC(=O)N1CCN(c2ccc(OC)cc2)CC1. The van der Waals surface area contributed by atoms with Crippen LogP contribution in [0.25, 0.3) is 0 Å². The molecule has 2 heterocycles. The number of carbonyl (C=O) groups is 2. The minimum absolute atomic E-state index is 0.0117. The van der Waals surface area contributed by atoms with Crippen molar-refractivity contribution in [2.24, 2.45) is 0 Å². The van der Waals surface area contributed by atoms with Crippen molar-refractivity contribution in [1.29, 1.82) is 0 Å². The van der Waals surface area contributed by atoms with Gasteiger partial charge in [-0.25, -0.2) is 8.42 Å². The van der Waals surface area contributed by atoms with Crippen molar-refractivity contribution in [2.45, 2.75) is 6.04 Å². The zero-order chi connectivity index (χ0) is 21.0. The third-order valence-electron chi connectivity index (χ3n) is 5.42. The number of carbonyl (C=O) groups excluding carboxylic acids is 2. The number of benzene rings is 1. The summed E-state index contributed by atoms with van der Waals surface area (Å²) < 4.78 is 33.7. The predicted octanol–water partition coefficient (Wildman–Crippen LogP) is -0.384. The fraction of sp³-hybridized carbons (Fsp3) is 0.579. The standard InChI is InChI=1S/C19H27N3O6S/c1-27-16-5-3-15(4-6-16)20-7-9-21(10-8-20)18(23)13-22-11-12-29(25,26)14-17(22)19(24)28-2/h3-6,17H,7-14H2,1-2H3/t17-/m1/s1. The predicted molar refractivity (Wildman–Crippen MR) is 108 cm³/mol. The van der Waals surface area contributed by atoms with E-state index in [4.69, 9.17) is 9.47 Å². The van der Waals surface area contributed by atoms with E-state index in [1.165, 1.54) is 7.11 Å². The van der Waals surface area contributed by atoms with Crippen LogP contribution in [0.15, 0.2) is 24.3 Å². The van der Waals surface area contributed by atoms with Crippen LogP contribution in [0.4, 0.5) is 5.69 Å². The summed E-state index contributed by atoms with van der Waals surface area (Å²) in [6.45, 7) is 2.71. The highest BCUT2D eigenvalue weighted by Crippen LogP contribution is 2.21. The maximum absolute atomic E-state index is 12.8. The number of hydrogen-bond acceptors (Lipinski definition) is 8. The second-order valence-electron chi connectivity index (χ2n) is 7.19. The molecule has 1 amide bonds. The molecule has 0 unspecified atom stereocenters. The van der Waals surface area contributed by atoms with Gasteiger partial charge in [-0.1, -0.05) is 0 Å². The molecule has 0 bridgehead atoms. The van der Waals surface area contributed by atoms with Crippen LogP contribution in [-0.4, -0.2) is 101 Å². The molecule has 0 aromatic heterocycles. The van der Waals surface area contributed by atoms with Gasteiger partial charge >= 0.3 is 5.97 Å². The second kappa shape index (κ2) is 9.00. The molecule has 160 valence electrons. The highest BCUT2D eigenvalue weighted by molar-refractivity contribution is 7.91. The van der Waals surface area contributed by atoms with E-state index in [2.05, 4.69) is 4.90 Å². The van der Waals surface area contributed by atoms with Crippen molar-refractivity contribution in [3.63, 3.8) is 0 Å². The number of ether oxygens (including phenoxy) is 2. The molecule has 2 aliphatic rings. The van der Waals surface area contributed by atoms with E-state index in [0.717, 1.165) is 11.4 Å². The van der Waals surface area contributed by atoms with Crippen LogP contribution in [0.2, 0.25) is 0 Å². The highest BCUT2D eigenvalue weighted by Gasteiger charge is 2.38. The first kappa shape index (κ1) is 21.4. The van der Waals surface area contributed by atoms with Gasteiger partial charge in [-0.05, 0) is 24.3 Å². The van der Waals surface area contributed by atoms with Crippen molar-refractivity contribution in [3.05, 3.63) is 24.3 Å². The van der Waals surface area contributed by atoms with Crippen molar-refractivity contribution in [1.82, 2.24) is 9.80 Å². The molecule has 1 aromatic carbocycles. The topological polar surface area (TPSA) is 96.5 Å². The number of sulfone groups is 1. The minimum Gasteiger partial charge on any atom is -0.497 e. The quantitative estimate of drug-likeness (QED) is 0.589. The third kappa shape index (κ3) is 5.18. The van der Waals surface area contributed by atoms with E-state index in [-0.39, 0.29) is 30.5 Å². The Morgan fingerprint density at radius 3 is 2.28 bits per heavy atom. The van der Waals surface area contributed by atoms with E-state index in [0.29, 0.717) is 26.2 Å². The summed E-state index contributed by atoms with van der Waals surface area (Å²) in [6.07, 6.45) is 0. The normalized spacial score (nSPS) is 22.2. The third-order valence-corrected chi connectivity index (χ3v) is 7.05. The molecule has 9 nitrogen and oxygen atoms in total. The fourth-order valence-corrected chi connectivity index (χ4v) is 5.17. The average Bonchev–Trinajstić information content (AvgIpc) is 2.74. The molecule has 3 rings (SSSR count). The summed E-state index contributed by atoms with van der Waals surface area (Å²) in [4.78, 5) is 30.3. The summed E-state index contributed by atoms with van der Waals surface area (Å²) in [5.74, 6) is -0.290. The maximum atomic E-state index is 12.8. The molecule has 2 fully saturated rings. The van der Waals surface area contributed by atoms with Crippen LogP contribution in [0.5, 0.6) is 5.75 Å². The van der Waals surface area contributed by atoms with Crippen LogP contribution in [0.3, 0.4) is 0 Å². The molecule has 29 heavy (non-hydrogen) atoms. The summed E-state index contributed by atoms with van der Waals surface area (Å²) in [5.41, 5.74) is 1.07. The van der Waals surface area contributed by atoms with Crippen LogP contribution >= 0.6 is 0 Å². The first-order valence-electron chi connectivity index (χ1n) is 9.52. The van der Waals surface area contributed by atoms with Crippen LogP contribution in [0.1, 0.15) is 0 Å². The van der Waals surface area contributed by atoms with Crippen LogP contribution in [-0.2, 0) is 24.2 Å². The maximum Gasteiger partial charge on any atom is 0.324 e. The molecule has 0 radical (unpaired) electrons. The lowest BCUT2D eigenvalue weighted by molar-refractivity contribution is -0.147. The highest BCUT2D eigenvalue weighted by atomic mass is 32.2. The summed E-state index contributed by atoms with van der Waals surface area (Å²) >= 11 is 0. The van der Waals surface area contributed by atoms with Gasteiger partial charge in [0.25, 0.3) is 0 Å². The molecule has 1 aromatic rings. The van der Waals surface area contributed by atoms with Crippen molar-refractivity contribution < 1.29 is 27.5 Å². The monoisotopic (exact) mass is 425 g/mol. The molecule has 0 spiro atoms. The summed E-state index contributed by atoms with van der Waals surface area (Å²) in [5, 5.41) is 0. The van der Waals surface area contributed by atoms with Gasteiger partial charge in [0.2, 0.25) is 5.91 Å². The average molecular weight is 426 g/mol. The number of rotatable bonds is 5. The smallest absolute Gasteiger partial charge is 0.324 e. The zero-order valence-corrected chi connectivity index (χ0v) is 17.6. The Kier molecular flexibility index (Phi) is 6.63. The lowest BCUT2D eigenvalue weighted by Crippen LogP contribution is -2.57. The molecule has 2 aliphatic heterocycles. The van der Waals surface area contributed by atoms with Crippen LogP contribution < -0.4 is 9.64 Å². The molecule has 0 saturated carbocycles. The van der Waals surface area contributed by atoms with Gasteiger partial charge < -0.3 is 19.3 Å². The number of nitrogens with zero attached hydrogens (tertiary/aromatic N) is 3. The van der Waals surface area contributed by atoms with E-state index in [1.807, 2.05) is 24.3 Å². The molecular weight excluding hydrogens is 398 g/mol. The summed E-state index contributed by atoms with van der Waals surface area (Å²) in [7, 11) is -0.456. The number of methoxy groups -OCH3 is 2. The van der Waals surface area contributed by atoms with Gasteiger partial charge in [-0.2, -0.15) is 0 Å². The van der Waals surface area contributed by atoms with E-state index < -0.39 is 21.8 Å². The molecule has 0 aliphatic carbocycles. The number of esters is 1. The van der Waals surface area contributed by atoms with Crippen molar-refractivity contribution in [3.8, 4) is 5.75 Å². The number of piperazine rings is 1. The molecule has 2 saturated heterocycles. The first-order valence-corrected chi connectivity index (χ1v) is 11.3. The lowest BCUT2D eigenvalue weighted by Gasteiger charge is -2.38. The van der Waals surface area contributed by atoms with E-state index >= 15 is 0 Å². The van der Waals surface area contributed by atoms with Gasteiger partial charge in [0.1, 0.15) is 11.8 Å². The Morgan fingerprint density at radius 1 is 1.03 bits per heavy atom. The van der Waals surface area contributed by atoms with E-state index in [9.17, 15) is 18.0 Å². The summed E-state index contributed by atoms with van der Waals surface area (Å²) in [6, 6.07) is 6.87. The van der Waals surface area contributed by atoms with Crippen molar-refractivity contribution >= 4 is 27.4 Å². The van der Waals surface area contributed by atoms with Gasteiger partial charge in [-0.3, -0.25) is 14.5 Å². The Balaban J connectivity index is 1.56. The second-order valence-corrected chi connectivity index (χ2v) is 9.42. The molecule has 1 atom stereocenters. The Labute approximate surface area is 171 Å².